The van der Waals surface area contributed by atoms with Crippen molar-refractivity contribution >= 4 is 46.1 Å². The molecular weight excluding hydrogens is 849 g/mol. The molecule has 1 aromatic heterocycles. The highest BCUT2D eigenvalue weighted by molar-refractivity contribution is 6.01. The lowest BCUT2D eigenvalue weighted by molar-refractivity contribution is -0.220. The zero-order chi connectivity index (χ0) is 46.4. The summed E-state index contributed by atoms with van der Waals surface area (Å²) in [6, 6.07) is 1.29. The second-order valence-electron chi connectivity index (χ2n) is 19.8. The third kappa shape index (κ3) is 7.04. The first-order valence-electron chi connectivity index (χ1n) is 22.9. The molecule has 2 aromatic rings. The quantitative estimate of drug-likeness (QED) is 0.198. The van der Waals surface area contributed by atoms with Crippen molar-refractivity contribution in [2.24, 2.45) is 34.5 Å². The number of rotatable bonds is 12. The van der Waals surface area contributed by atoms with Gasteiger partial charge in [0.15, 0.2) is 29.6 Å². The van der Waals surface area contributed by atoms with Crippen LogP contribution >= 0.6 is 0 Å². The smallest absolute Gasteiger partial charge is 0.346 e. The number of benzene rings is 1. The average Bonchev–Trinajstić information content (AvgIpc) is 4.00. The minimum atomic E-state index is -2.15. The Hall–Kier alpha value is -5.00. The van der Waals surface area contributed by atoms with Crippen LogP contribution in [0.5, 0.6) is 5.75 Å². The van der Waals surface area contributed by atoms with Crippen LogP contribution in [0.25, 0.3) is 10.9 Å². The summed E-state index contributed by atoms with van der Waals surface area (Å²) in [6.45, 7) is 5.45. The number of halogens is 2. The van der Waals surface area contributed by atoms with Gasteiger partial charge in [0, 0.05) is 48.1 Å². The van der Waals surface area contributed by atoms with E-state index in [0.29, 0.717) is 42.9 Å². The van der Waals surface area contributed by atoms with E-state index in [1.807, 2.05) is 4.90 Å². The number of aliphatic hydroxyl groups excluding tert-OH is 1. The molecule has 15 nitrogen and oxygen atoms in total. The van der Waals surface area contributed by atoms with Crippen LogP contribution in [0.4, 0.5) is 14.5 Å². The highest BCUT2D eigenvalue weighted by atomic mass is 19.1. The maximum absolute atomic E-state index is 17.5. The average molecular weight is 906 g/mol. The lowest BCUT2D eigenvalue weighted by Crippen LogP contribution is -2.69. The largest absolute Gasteiger partial charge is 0.492 e. The van der Waals surface area contributed by atoms with Gasteiger partial charge in [0.25, 0.3) is 0 Å². The van der Waals surface area contributed by atoms with Gasteiger partial charge in [-0.25, -0.2) is 13.6 Å². The van der Waals surface area contributed by atoms with Crippen molar-refractivity contribution in [3.8, 4) is 5.75 Å². The summed E-state index contributed by atoms with van der Waals surface area (Å²) in [5.41, 5.74) is -6.62. The molecule has 5 aliphatic carbocycles. The summed E-state index contributed by atoms with van der Waals surface area (Å²) in [6.07, 6.45) is 7.44. The molecule has 4 saturated carbocycles. The van der Waals surface area contributed by atoms with Crippen molar-refractivity contribution in [1.82, 2.24) is 9.88 Å². The molecule has 10 atom stereocenters. The Labute approximate surface area is 374 Å². The monoisotopic (exact) mass is 905 g/mol. The van der Waals surface area contributed by atoms with Gasteiger partial charge >= 0.3 is 17.9 Å². The standard InChI is InChI=1S/C48H57F2N3O12/c1-25-16-33-32-10-7-27-17-29(54)13-14-45(27,2)47(32,50)36(55)19-46(33,3)48(25,61)37(56)23-63-38(57)11-12-39(58)64-24-65-44(60)31-21-53(28-8-9-28)40-30(42(31)59)18-34(49)41(43(40)62-4)52-20-26-6-5-15-51-35(26)22-52/h13-14,17-18,21,25-26,28,32-33,35-36,51,55,61H,5-12,15-16,19-20,22-24H2,1-4H3/t25-,26?,32?,33?,35?,36+,45+,46+,47+,48+/m1/s1. The number of carbonyl (C=O) groups is 5. The molecule has 1 aromatic carbocycles. The van der Waals surface area contributed by atoms with Crippen LogP contribution in [0.3, 0.4) is 0 Å². The van der Waals surface area contributed by atoms with Crippen LogP contribution in [0, 0.1) is 40.3 Å². The highest BCUT2D eigenvalue weighted by Gasteiger charge is 2.75. The number of fused-ring (bicyclic) bond motifs is 7. The zero-order valence-corrected chi connectivity index (χ0v) is 37.2. The van der Waals surface area contributed by atoms with Crippen molar-refractivity contribution < 1.29 is 61.9 Å². The zero-order valence-electron chi connectivity index (χ0n) is 37.2. The second-order valence-corrected chi connectivity index (χ2v) is 19.8. The Morgan fingerprint density at radius 2 is 1.74 bits per heavy atom. The van der Waals surface area contributed by atoms with E-state index in [9.17, 15) is 39.0 Å². The van der Waals surface area contributed by atoms with E-state index in [-0.39, 0.29) is 53.1 Å². The third-order valence-electron chi connectivity index (χ3n) is 16.4. The van der Waals surface area contributed by atoms with Gasteiger partial charge in [-0.1, -0.05) is 25.5 Å². The molecule has 3 N–H and O–H groups in total. The van der Waals surface area contributed by atoms with E-state index in [4.69, 9.17) is 18.9 Å². The van der Waals surface area contributed by atoms with Crippen molar-refractivity contribution in [1.29, 1.82) is 0 Å². The number of alkyl halides is 1. The maximum Gasteiger partial charge on any atom is 0.346 e. The molecule has 65 heavy (non-hydrogen) atoms. The lowest BCUT2D eigenvalue weighted by atomic mass is 9.44. The molecule has 4 unspecified atom stereocenters. The van der Waals surface area contributed by atoms with Gasteiger partial charge in [0.1, 0.15) is 16.9 Å². The Kier molecular flexibility index (Phi) is 11.4. The molecule has 0 amide bonds. The molecule has 350 valence electrons. The first kappa shape index (κ1) is 45.2. The summed E-state index contributed by atoms with van der Waals surface area (Å²) in [7, 11) is 1.43. The van der Waals surface area contributed by atoms with Crippen molar-refractivity contribution in [2.75, 3.05) is 45.0 Å². The van der Waals surface area contributed by atoms with Gasteiger partial charge in [-0.3, -0.25) is 24.0 Å². The number of ketones is 2. The van der Waals surface area contributed by atoms with Crippen molar-refractivity contribution in [2.45, 2.75) is 114 Å². The molecule has 2 saturated heterocycles. The Morgan fingerprint density at radius 3 is 2.45 bits per heavy atom. The van der Waals surface area contributed by atoms with Crippen LogP contribution in [-0.4, -0.2) is 108 Å². The van der Waals surface area contributed by atoms with E-state index in [2.05, 4.69) is 5.32 Å². The van der Waals surface area contributed by atoms with E-state index < -0.39 is 107 Å². The fraction of sp³-hybridized carbons (Fsp3) is 0.625. The number of pyridine rings is 1. The number of Topliss-reactive ketones (excluding diaryl/α,β-unsaturated/α-hetero) is 1. The Morgan fingerprint density at radius 1 is 1.00 bits per heavy atom. The number of allylic oxidation sites excluding steroid dienone is 4. The fourth-order valence-corrected chi connectivity index (χ4v) is 12.9. The normalized spacial score (nSPS) is 34.8. The van der Waals surface area contributed by atoms with Gasteiger partial charge in [0.05, 0.1) is 37.0 Å². The number of hydrogen-bond acceptors (Lipinski definition) is 14. The Balaban J connectivity index is 0.798. The number of nitrogens with one attached hydrogen (secondary N) is 1. The number of aromatic nitrogens is 1. The van der Waals surface area contributed by atoms with Gasteiger partial charge in [-0.05, 0) is 101 Å². The van der Waals surface area contributed by atoms with E-state index in [1.165, 1.54) is 31.5 Å². The minimum Gasteiger partial charge on any atom is -0.492 e. The molecular formula is C48H57F2N3O12. The molecule has 17 heteroatoms. The number of anilines is 1. The molecule has 3 heterocycles. The molecule has 9 rings (SSSR count). The lowest BCUT2D eigenvalue weighted by Gasteiger charge is -2.62. The number of aliphatic hydroxyl groups is 2. The van der Waals surface area contributed by atoms with E-state index >= 15 is 8.78 Å². The van der Waals surface area contributed by atoms with Crippen LogP contribution in [-0.2, 0) is 33.4 Å². The molecule has 7 aliphatic rings. The van der Waals surface area contributed by atoms with Crippen LogP contribution in [0.2, 0.25) is 0 Å². The van der Waals surface area contributed by atoms with Crippen molar-refractivity contribution in [3.05, 3.63) is 57.7 Å². The summed E-state index contributed by atoms with van der Waals surface area (Å²) in [5.74, 6) is -6.03. The fourth-order valence-electron chi connectivity index (χ4n) is 12.9. The highest BCUT2D eigenvalue weighted by Crippen LogP contribution is 2.70. The predicted molar refractivity (Wildman–Crippen MR) is 229 cm³/mol. The van der Waals surface area contributed by atoms with E-state index in [0.717, 1.165) is 38.3 Å². The number of piperidine rings is 1. The third-order valence-corrected chi connectivity index (χ3v) is 16.4. The van der Waals surface area contributed by atoms with E-state index in [1.54, 1.807) is 25.3 Å². The predicted octanol–water partition coefficient (Wildman–Crippen LogP) is 4.57. The number of hydrogen-bond donors (Lipinski definition) is 3. The van der Waals surface area contributed by atoms with Gasteiger partial charge in [0.2, 0.25) is 18.0 Å². The first-order chi connectivity index (χ1) is 30.9. The van der Waals surface area contributed by atoms with Crippen molar-refractivity contribution in [3.63, 3.8) is 0 Å². The summed E-state index contributed by atoms with van der Waals surface area (Å²) in [5, 5.41) is 27.2. The summed E-state index contributed by atoms with van der Waals surface area (Å²) < 4.78 is 56.5. The molecule has 0 spiro atoms. The van der Waals surface area contributed by atoms with Gasteiger partial charge in [-0.2, -0.15) is 0 Å². The number of methoxy groups -OCH3 is 1. The second kappa shape index (κ2) is 16.4. The number of nitrogens with zero attached hydrogens (tertiary/aromatic N) is 2. The summed E-state index contributed by atoms with van der Waals surface area (Å²) in [4.78, 5) is 80.4. The number of carbonyl (C=O) groups excluding carboxylic acids is 5. The molecule has 0 bridgehead atoms. The van der Waals surface area contributed by atoms with Gasteiger partial charge in [-0.15, -0.1) is 0 Å². The molecule has 2 aliphatic heterocycles. The van der Waals surface area contributed by atoms with Gasteiger partial charge < -0.3 is 43.9 Å². The minimum absolute atomic E-state index is 0.0545. The number of esters is 3. The van der Waals surface area contributed by atoms with Crippen LogP contribution < -0.4 is 20.4 Å². The first-order valence-corrected chi connectivity index (χ1v) is 22.9. The SMILES string of the molecule is COc1c(N2CC3CCCNC3C2)c(F)cc2c(=O)c(C(=O)OCOC(=O)CCC(=O)OCC(=O)[C@@]3(O)[C@H](C)CC4C5CCC6=CC(=O)C=C[C@]6(C)[C@@]5(F)[C@@H](O)C[C@@]43C)cn(C3CC3)c12. The van der Waals surface area contributed by atoms with Crippen LogP contribution in [0.15, 0.2) is 40.9 Å². The Bertz CT molecular complexity index is 2470. The maximum atomic E-state index is 17.5. The number of ether oxygens (including phenoxy) is 4. The topological polar surface area (TPSA) is 200 Å². The summed E-state index contributed by atoms with van der Waals surface area (Å²) >= 11 is 0. The van der Waals surface area contributed by atoms with Crippen LogP contribution in [0.1, 0.15) is 101 Å². The molecule has 6 fully saturated rings. The molecule has 0 radical (unpaired) electrons.